The van der Waals surface area contributed by atoms with Gasteiger partial charge >= 0.3 is 11.9 Å². The monoisotopic (exact) mass is 1350 g/mol. The standard InChI is InChI=1S/C68H85N15O15/c1-36(2)25-50(77-67(96)56(35-84)83-59(88)37(3)75-62(91)51(27-39-32-72-46-20-10-7-17-42(39)46)78-61(90)49(23-13-14-24-69)76-60(89)45(70)30-58(86)87)63(92)79-52(28-40-33-73-47-21-11-8-18-43(40)47)64(93)81-54(31-57(71)85)66(95)80-53(29-41-34-74-48-22-12-9-19-44(41)48)65(94)82-55(68(97)98)26-38-15-5-4-6-16-38/h4-12,15-22,32-34,36-37,45,49-56,72-74,84H,13-14,23-31,35,69-70H2,1-3H3,(H2,71,85)(H,75,91)(H,76,89)(H,77,96)(H,78,90)(H,79,92)(H,80,95)(H,81,93)(H,82,94)(H,83,88)(H,86,87)(H,97,98)/t37-,45-,49-,50-,51-,52-,53-,54-,55-,56-/m0/s1. The van der Waals surface area contributed by atoms with Crippen molar-refractivity contribution >= 4 is 104 Å². The highest BCUT2D eigenvalue weighted by molar-refractivity contribution is 6.00. The molecule has 0 radical (unpaired) electrons. The number of rotatable bonds is 38. The third-order valence-electron chi connectivity index (χ3n) is 16.4. The van der Waals surface area contributed by atoms with Gasteiger partial charge in [-0.1, -0.05) is 98.8 Å². The predicted octanol–water partition coefficient (Wildman–Crippen LogP) is -0.286. The number of aliphatic hydroxyl groups is 1. The lowest BCUT2D eigenvalue weighted by molar-refractivity contribution is -0.142. The number of aliphatic hydroxyl groups excluding tert-OH is 1. The Morgan fingerprint density at radius 2 is 0.816 bits per heavy atom. The second-order valence-corrected chi connectivity index (χ2v) is 24.4. The maximum atomic E-state index is 14.9. The molecule has 4 aromatic carbocycles. The van der Waals surface area contributed by atoms with E-state index < -0.39 is 151 Å². The molecule has 0 aliphatic rings. The van der Waals surface area contributed by atoms with E-state index in [-0.39, 0.29) is 51.0 Å². The van der Waals surface area contributed by atoms with Gasteiger partial charge in [-0.05, 0) is 85.5 Å². The molecule has 0 unspecified atom stereocenters. The zero-order valence-electron chi connectivity index (χ0n) is 54.4. The Kier molecular flexibility index (Phi) is 27.1. The zero-order valence-corrected chi connectivity index (χ0v) is 54.4. The van der Waals surface area contributed by atoms with Gasteiger partial charge in [0.1, 0.15) is 54.4 Å². The molecular formula is C68H85N15O15. The van der Waals surface area contributed by atoms with E-state index in [9.17, 15) is 72.9 Å². The number of fused-ring (bicyclic) bond motifs is 3. The van der Waals surface area contributed by atoms with Crippen LogP contribution in [0.2, 0.25) is 0 Å². The summed E-state index contributed by atoms with van der Waals surface area (Å²) in [5, 5.41) is 55.1. The molecule has 3 aromatic heterocycles. The van der Waals surface area contributed by atoms with Crippen LogP contribution in [0.4, 0.5) is 0 Å². The number of aliphatic carboxylic acids is 2. The summed E-state index contributed by atoms with van der Waals surface area (Å²) >= 11 is 0. The number of carboxylic acids is 2. The summed E-state index contributed by atoms with van der Waals surface area (Å²) in [6.45, 7) is 3.94. The number of carboxylic acid groups (broad SMARTS) is 2. The summed E-state index contributed by atoms with van der Waals surface area (Å²) in [6.07, 6.45) is 3.25. The number of para-hydroxylation sites is 3. The van der Waals surface area contributed by atoms with E-state index in [1.807, 2.05) is 0 Å². The Morgan fingerprint density at radius 3 is 1.27 bits per heavy atom. The molecule has 30 heteroatoms. The van der Waals surface area contributed by atoms with Crippen LogP contribution in [0, 0.1) is 5.92 Å². The quantitative estimate of drug-likeness (QED) is 0.0221. The molecule has 0 fully saturated rings. The predicted molar refractivity (Wildman–Crippen MR) is 360 cm³/mol. The van der Waals surface area contributed by atoms with Crippen molar-refractivity contribution in [2.75, 3.05) is 13.2 Å². The van der Waals surface area contributed by atoms with Gasteiger partial charge in [0.05, 0.1) is 25.5 Å². The average Bonchev–Trinajstić information content (AvgIpc) is 1.62. The SMILES string of the molecule is CC(C)C[C@H](NC(=O)[C@H](CO)NC(=O)[C@H](C)NC(=O)[C@H](Cc1c[nH]c2ccccc12)NC(=O)[C@H](CCCCN)NC(=O)[C@@H](N)CC(=O)O)C(=O)N[C@@H](Cc1c[nH]c2ccccc12)C(=O)N[C@@H](CC(N)=O)C(=O)N[C@@H](Cc1c[nH]c2ccccc12)C(=O)N[C@@H](Cc1ccccc1)C(=O)O. The van der Waals surface area contributed by atoms with Crippen molar-refractivity contribution in [1.29, 1.82) is 0 Å². The minimum atomic E-state index is -1.81. The fourth-order valence-corrected chi connectivity index (χ4v) is 11.2. The summed E-state index contributed by atoms with van der Waals surface area (Å²) in [4.78, 5) is 174. The number of unbranched alkanes of at least 4 members (excludes halogenated alkanes) is 1. The van der Waals surface area contributed by atoms with E-state index in [4.69, 9.17) is 17.2 Å². The normalized spacial score (nSPS) is 14.4. The van der Waals surface area contributed by atoms with Crippen LogP contribution in [0.25, 0.3) is 32.7 Å². The van der Waals surface area contributed by atoms with E-state index in [2.05, 4.69) is 62.8 Å². The molecule has 3 heterocycles. The molecule has 0 saturated heterocycles. The van der Waals surface area contributed by atoms with Crippen LogP contribution >= 0.6 is 0 Å². The minimum absolute atomic E-state index is 0.0229. The molecule has 7 rings (SSSR count). The van der Waals surface area contributed by atoms with Gasteiger partial charge in [-0.3, -0.25) is 52.7 Å². The van der Waals surface area contributed by atoms with Crippen LogP contribution in [0.1, 0.15) is 81.5 Å². The van der Waals surface area contributed by atoms with Gasteiger partial charge in [0, 0.05) is 77.0 Å². The highest BCUT2D eigenvalue weighted by Gasteiger charge is 2.37. The Morgan fingerprint density at radius 1 is 0.429 bits per heavy atom. The van der Waals surface area contributed by atoms with Gasteiger partial charge in [0.15, 0.2) is 0 Å². The molecule has 0 aliphatic heterocycles. The van der Waals surface area contributed by atoms with E-state index in [1.165, 1.54) is 6.92 Å². The van der Waals surface area contributed by atoms with Crippen molar-refractivity contribution in [3.05, 3.63) is 144 Å². The summed E-state index contributed by atoms with van der Waals surface area (Å²) < 4.78 is 0. The van der Waals surface area contributed by atoms with E-state index >= 15 is 0 Å². The van der Waals surface area contributed by atoms with Gasteiger partial charge in [0.2, 0.25) is 59.1 Å². The molecule has 10 atom stereocenters. The van der Waals surface area contributed by atoms with Gasteiger partial charge in [-0.25, -0.2) is 4.79 Å². The summed E-state index contributed by atoms with van der Waals surface area (Å²) in [5.41, 5.74) is 21.5. The van der Waals surface area contributed by atoms with Crippen LogP contribution in [-0.4, -0.2) is 175 Å². The first kappa shape index (κ1) is 74.4. The lowest BCUT2D eigenvalue weighted by atomic mass is 10.00. The summed E-state index contributed by atoms with van der Waals surface area (Å²) in [5.74, 6) is -12.8. The summed E-state index contributed by atoms with van der Waals surface area (Å²) in [7, 11) is 0. The highest BCUT2D eigenvalue weighted by atomic mass is 16.4. The first-order chi connectivity index (χ1) is 46.8. The number of amides is 10. The number of nitrogens with two attached hydrogens (primary N) is 3. The second kappa shape index (κ2) is 35.7. The minimum Gasteiger partial charge on any atom is -0.481 e. The van der Waals surface area contributed by atoms with Crippen molar-refractivity contribution in [2.24, 2.45) is 23.1 Å². The first-order valence-corrected chi connectivity index (χ1v) is 32.0. The van der Waals surface area contributed by atoms with Crippen molar-refractivity contribution in [3.8, 4) is 0 Å². The highest BCUT2D eigenvalue weighted by Crippen LogP contribution is 2.23. The average molecular weight is 1350 g/mol. The number of primary amides is 1. The van der Waals surface area contributed by atoms with Gasteiger partial charge in [-0.2, -0.15) is 0 Å². The molecule has 10 amide bonds. The first-order valence-electron chi connectivity index (χ1n) is 32.0. The van der Waals surface area contributed by atoms with E-state index in [0.717, 1.165) is 0 Å². The molecule has 0 spiro atoms. The van der Waals surface area contributed by atoms with Crippen molar-refractivity contribution in [2.45, 2.75) is 145 Å². The van der Waals surface area contributed by atoms with Crippen molar-refractivity contribution in [3.63, 3.8) is 0 Å². The number of aromatic nitrogens is 3. The molecule has 7 aromatic rings. The number of H-pyrrole nitrogens is 3. The Balaban J connectivity index is 1.08. The molecular weight excluding hydrogens is 1270 g/mol. The number of carbonyl (C=O) groups is 12. The number of carbonyl (C=O) groups excluding carboxylic acids is 10. The van der Waals surface area contributed by atoms with E-state index in [0.29, 0.717) is 67.8 Å². The van der Waals surface area contributed by atoms with Gasteiger partial charge in [0.25, 0.3) is 0 Å². The van der Waals surface area contributed by atoms with Crippen LogP contribution in [0.3, 0.4) is 0 Å². The van der Waals surface area contributed by atoms with Crippen molar-refractivity contribution in [1.82, 2.24) is 62.8 Å². The fourth-order valence-electron chi connectivity index (χ4n) is 11.2. The van der Waals surface area contributed by atoms with Crippen molar-refractivity contribution < 1.29 is 72.9 Å². The molecule has 0 bridgehead atoms. The number of nitrogens with one attached hydrogen (secondary N) is 12. The van der Waals surface area contributed by atoms with E-state index in [1.54, 1.807) is 136 Å². The third kappa shape index (κ3) is 21.3. The number of aromatic amines is 3. The molecule has 30 nitrogen and oxygen atoms in total. The van der Waals surface area contributed by atoms with Gasteiger partial charge < -0.3 is 95.3 Å². The third-order valence-corrected chi connectivity index (χ3v) is 16.4. The second-order valence-electron chi connectivity index (χ2n) is 24.4. The molecule has 0 aliphatic carbocycles. The van der Waals surface area contributed by atoms with Crippen LogP contribution in [0.5, 0.6) is 0 Å². The molecule has 0 saturated carbocycles. The molecule has 98 heavy (non-hydrogen) atoms. The number of hydrogen-bond acceptors (Lipinski definition) is 15. The lowest BCUT2D eigenvalue weighted by Gasteiger charge is -2.28. The zero-order chi connectivity index (χ0) is 71.2. The number of benzene rings is 4. The lowest BCUT2D eigenvalue weighted by Crippen LogP contribution is -2.61. The Labute approximate surface area is 562 Å². The summed E-state index contributed by atoms with van der Waals surface area (Å²) in [6, 6.07) is 14.4. The maximum absolute atomic E-state index is 14.9. The maximum Gasteiger partial charge on any atom is 0.326 e. The van der Waals surface area contributed by atoms with Crippen LogP contribution < -0.4 is 65.1 Å². The van der Waals surface area contributed by atoms with Gasteiger partial charge in [-0.15, -0.1) is 0 Å². The molecule has 522 valence electrons. The topological polar surface area (TPSA) is 499 Å². The largest absolute Gasteiger partial charge is 0.481 e. The van der Waals surface area contributed by atoms with Crippen LogP contribution in [-0.2, 0) is 83.2 Å². The molecule has 21 N–H and O–H groups in total. The fraction of sp³-hybridized carbons (Fsp3) is 0.382. The number of hydrogen-bond donors (Lipinski definition) is 18. The Bertz CT molecular complexity index is 3980. The van der Waals surface area contributed by atoms with Crippen LogP contribution in [0.15, 0.2) is 122 Å². The smallest absolute Gasteiger partial charge is 0.326 e. The Hall–Kier alpha value is -11.0.